The van der Waals surface area contributed by atoms with E-state index in [9.17, 15) is 4.79 Å². The summed E-state index contributed by atoms with van der Waals surface area (Å²) in [6, 6.07) is 9.54. The Labute approximate surface area is 209 Å². The van der Waals surface area contributed by atoms with Crippen LogP contribution in [-0.4, -0.2) is 20.7 Å². The number of nitrogens with one attached hydrogen (secondary N) is 1. The van der Waals surface area contributed by atoms with Gasteiger partial charge in [-0.05, 0) is 64.9 Å². The molecule has 0 spiro atoms. The lowest BCUT2D eigenvalue weighted by molar-refractivity contribution is 0.0951. The number of thiophene rings is 1. The van der Waals surface area contributed by atoms with Gasteiger partial charge in [-0.15, -0.1) is 0 Å². The molecule has 0 unspecified atom stereocenters. The topological polar surface area (TPSA) is 85.8 Å². The van der Waals surface area contributed by atoms with Gasteiger partial charge in [0.05, 0.1) is 11.8 Å². The standard InChI is InChI=1S/C28H27N5OS/c1-18-4-5-22(27(34)31-13-19-8-9-35-16-19)10-20(18)6-7-21-11-23(14-30-26(21)29)24-15-32-33-17-28(2,3)12-25(24)33/h4-5,8-11,14-16H,12-13,17H2,1-3H3,(H2,29,30)(H,31,34). The van der Waals surface area contributed by atoms with E-state index in [1.165, 1.54) is 5.69 Å². The molecule has 0 bridgehead atoms. The van der Waals surface area contributed by atoms with Gasteiger partial charge in [-0.1, -0.05) is 31.8 Å². The zero-order valence-corrected chi connectivity index (χ0v) is 20.9. The van der Waals surface area contributed by atoms with Crippen LogP contribution >= 0.6 is 11.3 Å². The molecule has 5 rings (SSSR count). The van der Waals surface area contributed by atoms with E-state index in [-0.39, 0.29) is 11.3 Å². The van der Waals surface area contributed by atoms with E-state index in [0.717, 1.165) is 40.8 Å². The summed E-state index contributed by atoms with van der Waals surface area (Å²) in [5.41, 5.74) is 13.7. The van der Waals surface area contributed by atoms with E-state index < -0.39 is 0 Å². The smallest absolute Gasteiger partial charge is 0.251 e. The average Bonchev–Trinajstić information content (AvgIpc) is 3.54. The number of aromatic nitrogens is 3. The first-order valence-electron chi connectivity index (χ1n) is 11.5. The van der Waals surface area contributed by atoms with Gasteiger partial charge in [0.2, 0.25) is 0 Å². The molecule has 176 valence electrons. The number of hydrogen-bond donors (Lipinski definition) is 2. The van der Waals surface area contributed by atoms with E-state index >= 15 is 0 Å². The maximum Gasteiger partial charge on any atom is 0.251 e. The first kappa shape index (κ1) is 22.9. The first-order valence-corrected chi connectivity index (χ1v) is 12.5. The molecule has 1 aromatic carbocycles. The van der Waals surface area contributed by atoms with Crippen LogP contribution in [0.2, 0.25) is 0 Å². The Balaban J connectivity index is 1.40. The lowest BCUT2D eigenvalue weighted by Crippen LogP contribution is -2.22. The van der Waals surface area contributed by atoms with Crippen LogP contribution in [0.5, 0.6) is 0 Å². The number of nitrogen functional groups attached to an aromatic ring is 1. The van der Waals surface area contributed by atoms with Gasteiger partial charge in [0.15, 0.2) is 0 Å². The highest BCUT2D eigenvalue weighted by molar-refractivity contribution is 7.07. The highest BCUT2D eigenvalue weighted by Crippen LogP contribution is 2.37. The minimum atomic E-state index is -0.125. The molecular weight excluding hydrogens is 454 g/mol. The van der Waals surface area contributed by atoms with Crippen molar-refractivity contribution in [3.05, 3.63) is 87.0 Å². The highest BCUT2D eigenvalue weighted by Gasteiger charge is 2.31. The number of benzene rings is 1. The summed E-state index contributed by atoms with van der Waals surface area (Å²) in [5.74, 6) is 6.64. The molecule has 6 nitrogen and oxygen atoms in total. The normalized spacial score (nSPS) is 13.7. The minimum Gasteiger partial charge on any atom is -0.383 e. The van der Waals surface area contributed by atoms with Gasteiger partial charge >= 0.3 is 0 Å². The third kappa shape index (κ3) is 4.84. The van der Waals surface area contributed by atoms with Crippen molar-refractivity contribution in [2.75, 3.05) is 5.73 Å². The molecule has 3 aromatic heterocycles. The van der Waals surface area contributed by atoms with Crippen LogP contribution in [0.3, 0.4) is 0 Å². The predicted molar refractivity (Wildman–Crippen MR) is 140 cm³/mol. The van der Waals surface area contributed by atoms with Gasteiger partial charge in [-0.2, -0.15) is 16.4 Å². The van der Waals surface area contributed by atoms with Crippen molar-refractivity contribution >= 4 is 23.1 Å². The molecule has 0 saturated carbocycles. The Morgan fingerprint density at radius 2 is 2.03 bits per heavy atom. The molecule has 0 radical (unpaired) electrons. The molecule has 7 heteroatoms. The quantitative estimate of drug-likeness (QED) is 0.410. The molecule has 1 aliphatic heterocycles. The van der Waals surface area contributed by atoms with Crippen LogP contribution in [0.25, 0.3) is 11.1 Å². The highest BCUT2D eigenvalue weighted by atomic mass is 32.1. The number of rotatable bonds is 4. The molecule has 35 heavy (non-hydrogen) atoms. The summed E-state index contributed by atoms with van der Waals surface area (Å²) in [6.07, 6.45) is 4.65. The third-order valence-electron chi connectivity index (χ3n) is 6.27. The summed E-state index contributed by atoms with van der Waals surface area (Å²) < 4.78 is 2.08. The summed E-state index contributed by atoms with van der Waals surface area (Å²) in [7, 11) is 0. The third-order valence-corrected chi connectivity index (χ3v) is 7.00. The second-order valence-electron chi connectivity index (χ2n) is 9.75. The maximum atomic E-state index is 12.7. The van der Waals surface area contributed by atoms with Crippen molar-refractivity contribution in [2.24, 2.45) is 5.41 Å². The molecule has 0 atom stereocenters. The lowest BCUT2D eigenvalue weighted by Gasteiger charge is -2.14. The van der Waals surface area contributed by atoms with E-state index in [1.54, 1.807) is 17.5 Å². The molecule has 1 amide bonds. The van der Waals surface area contributed by atoms with Crippen LogP contribution in [0.1, 0.15) is 52.2 Å². The Hall–Kier alpha value is -3.89. The average molecular weight is 482 g/mol. The molecule has 0 saturated heterocycles. The van der Waals surface area contributed by atoms with E-state index in [4.69, 9.17) is 5.73 Å². The van der Waals surface area contributed by atoms with Crippen molar-refractivity contribution in [3.8, 4) is 23.0 Å². The fourth-order valence-corrected chi connectivity index (χ4v) is 4.99. The van der Waals surface area contributed by atoms with Crippen LogP contribution in [-0.2, 0) is 19.5 Å². The van der Waals surface area contributed by atoms with Crippen LogP contribution in [0.15, 0.2) is 53.5 Å². The second kappa shape index (κ2) is 9.05. The van der Waals surface area contributed by atoms with Gasteiger partial charge in [-0.25, -0.2) is 4.98 Å². The number of carbonyl (C=O) groups excluding carboxylic acids is 1. The van der Waals surface area contributed by atoms with Crippen LogP contribution in [0.4, 0.5) is 5.82 Å². The lowest BCUT2D eigenvalue weighted by atomic mass is 9.89. The number of nitrogens with two attached hydrogens (primary N) is 1. The zero-order chi connectivity index (χ0) is 24.6. The number of aryl methyl sites for hydroxylation is 1. The van der Waals surface area contributed by atoms with Gasteiger partial charge in [0, 0.05) is 47.2 Å². The summed E-state index contributed by atoms with van der Waals surface area (Å²) in [4.78, 5) is 17.1. The van der Waals surface area contributed by atoms with E-state index in [1.807, 2.05) is 54.2 Å². The Morgan fingerprint density at radius 1 is 1.20 bits per heavy atom. The number of hydrogen-bond acceptors (Lipinski definition) is 5. The van der Waals surface area contributed by atoms with Crippen molar-refractivity contribution < 1.29 is 4.79 Å². The number of anilines is 1. The molecule has 4 heterocycles. The van der Waals surface area contributed by atoms with Crippen molar-refractivity contribution in [3.63, 3.8) is 0 Å². The van der Waals surface area contributed by atoms with E-state index in [2.05, 4.69) is 45.8 Å². The zero-order valence-electron chi connectivity index (χ0n) is 20.1. The minimum absolute atomic E-state index is 0.125. The number of nitrogens with zero attached hydrogens (tertiary/aromatic N) is 3. The SMILES string of the molecule is Cc1ccc(C(=O)NCc2ccsc2)cc1C#Cc1cc(-c2cnn3c2CC(C)(C)C3)cnc1N. The molecule has 1 aliphatic rings. The van der Waals surface area contributed by atoms with Crippen molar-refractivity contribution in [1.82, 2.24) is 20.1 Å². The van der Waals surface area contributed by atoms with Gasteiger partial charge < -0.3 is 11.1 Å². The maximum absolute atomic E-state index is 12.7. The second-order valence-corrected chi connectivity index (χ2v) is 10.5. The van der Waals surface area contributed by atoms with Crippen LogP contribution in [0, 0.1) is 24.2 Å². The Bertz CT molecular complexity index is 1470. The monoisotopic (exact) mass is 481 g/mol. The van der Waals surface area contributed by atoms with Gasteiger partial charge in [0.25, 0.3) is 5.91 Å². The Kier molecular flexibility index (Phi) is 5.91. The number of fused-ring (bicyclic) bond motifs is 1. The van der Waals surface area contributed by atoms with Gasteiger partial charge in [0.1, 0.15) is 5.82 Å². The molecule has 4 aromatic rings. The molecular formula is C28H27N5OS. The number of amides is 1. The summed E-state index contributed by atoms with van der Waals surface area (Å²) >= 11 is 1.61. The summed E-state index contributed by atoms with van der Waals surface area (Å²) in [6.45, 7) is 7.90. The largest absolute Gasteiger partial charge is 0.383 e. The Morgan fingerprint density at radius 3 is 2.83 bits per heavy atom. The molecule has 3 N–H and O–H groups in total. The van der Waals surface area contributed by atoms with Crippen molar-refractivity contribution in [2.45, 2.75) is 40.3 Å². The fourth-order valence-electron chi connectivity index (χ4n) is 4.32. The predicted octanol–water partition coefficient (Wildman–Crippen LogP) is 4.81. The number of carbonyl (C=O) groups is 1. The van der Waals surface area contributed by atoms with Crippen molar-refractivity contribution in [1.29, 1.82) is 0 Å². The summed E-state index contributed by atoms with van der Waals surface area (Å²) in [5, 5.41) is 11.6. The van der Waals surface area contributed by atoms with E-state index in [0.29, 0.717) is 23.5 Å². The number of pyridine rings is 1. The van der Waals surface area contributed by atoms with Crippen LogP contribution < -0.4 is 11.1 Å². The molecule has 0 aliphatic carbocycles. The first-order chi connectivity index (χ1) is 16.8. The fraction of sp³-hybridized carbons (Fsp3) is 0.250. The van der Waals surface area contributed by atoms with Gasteiger partial charge in [-0.3, -0.25) is 9.48 Å². The molecule has 0 fully saturated rings.